The van der Waals surface area contributed by atoms with E-state index in [9.17, 15) is 15.3 Å². The molecule has 1 aliphatic heterocycles. The molecule has 0 saturated carbocycles. The van der Waals surface area contributed by atoms with Gasteiger partial charge in [0.1, 0.15) is 28.7 Å². The molecule has 4 nitrogen and oxygen atoms in total. The van der Waals surface area contributed by atoms with E-state index in [0.29, 0.717) is 11.5 Å². The van der Waals surface area contributed by atoms with Gasteiger partial charge in [0.25, 0.3) is 0 Å². The summed E-state index contributed by atoms with van der Waals surface area (Å²) in [4.78, 5) is 0. The van der Waals surface area contributed by atoms with Crippen molar-refractivity contribution in [2.45, 2.75) is 5.92 Å². The highest BCUT2D eigenvalue weighted by Gasteiger charge is 2.29. The van der Waals surface area contributed by atoms with Crippen LogP contribution in [0.5, 0.6) is 28.7 Å². The molecule has 0 amide bonds. The van der Waals surface area contributed by atoms with Crippen molar-refractivity contribution in [2.24, 2.45) is 0 Å². The van der Waals surface area contributed by atoms with Crippen molar-refractivity contribution in [2.75, 3.05) is 0 Å². The summed E-state index contributed by atoms with van der Waals surface area (Å²) in [6, 6.07) is 17.1. The Balaban J connectivity index is 1.95. The standard InChI is InChI=1S/C19H14O4/c20-12-3-1-11(2-4-12)19-15-7-5-13(21)9-17(15)23-18-10-14(22)6-8-16(18)19/h1-10,19-22H. The van der Waals surface area contributed by atoms with Gasteiger partial charge in [-0.2, -0.15) is 0 Å². The van der Waals surface area contributed by atoms with Crippen molar-refractivity contribution >= 4 is 0 Å². The van der Waals surface area contributed by atoms with Gasteiger partial charge in [-0.25, -0.2) is 0 Å². The molecule has 4 rings (SSSR count). The van der Waals surface area contributed by atoms with Crippen LogP contribution in [0.25, 0.3) is 0 Å². The van der Waals surface area contributed by atoms with E-state index in [1.165, 1.54) is 0 Å². The average molecular weight is 306 g/mol. The van der Waals surface area contributed by atoms with Crippen LogP contribution < -0.4 is 4.74 Å². The number of benzene rings is 3. The van der Waals surface area contributed by atoms with Gasteiger partial charge in [0, 0.05) is 29.2 Å². The smallest absolute Gasteiger partial charge is 0.135 e. The summed E-state index contributed by atoms with van der Waals surface area (Å²) < 4.78 is 5.85. The van der Waals surface area contributed by atoms with Crippen LogP contribution in [0.2, 0.25) is 0 Å². The van der Waals surface area contributed by atoms with Crippen LogP contribution in [0.1, 0.15) is 22.6 Å². The largest absolute Gasteiger partial charge is 0.508 e. The van der Waals surface area contributed by atoms with Crippen molar-refractivity contribution in [3.05, 3.63) is 77.4 Å². The highest BCUT2D eigenvalue weighted by molar-refractivity contribution is 5.60. The summed E-state index contributed by atoms with van der Waals surface area (Å²) in [6.45, 7) is 0. The first-order chi connectivity index (χ1) is 11.1. The molecular weight excluding hydrogens is 292 g/mol. The Kier molecular flexibility index (Phi) is 2.91. The number of ether oxygens (including phenoxy) is 1. The topological polar surface area (TPSA) is 69.9 Å². The minimum Gasteiger partial charge on any atom is -0.508 e. The monoisotopic (exact) mass is 306 g/mol. The summed E-state index contributed by atoms with van der Waals surface area (Å²) in [7, 11) is 0. The van der Waals surface area contributed by atoms with E-state index in [1.54, 1.807) is 36.4 Å². The molecule has 3 N–H and O–H groups in total. The highest BCUT2D eigenvalue weighted by atomic mass is 16.5. The molecule has 0 saturated heterocycles. The number of hydrogen-bond acceptors (Lipinski definition) is 4. The molecule has 0 spiro atoms. The molecular formula is C19H14O4. The van der Waals surface area contributed by atoms with Gasteiger partial charge in [-0.15, -0.1) is 0 Å². The number of rotatable bonds is 1. The van der Waals surface area contributed by atoms with E-state index in [-0.39, 0.29) is 23.2 Å². The molecule has 1 aliphatic rings. The molecule has 4 heteroatoms. The molecule has 0 bridgehead atoms. The van der Waals surface area contributed by atoms with Gasteiger partial charge in [0.2, 0.25) is 0 Å². The molecule has 0 aromatic heterocycles. The third-order valence-electron chi connectivity index (χ3n) is 4.06. The first-order valence-electron chi connectivity index (χ1n) is 7.24. The lowest BCUT2D eigenvalue weighted by atomic mass is 9.82. The van der Waals surface area contributed by atoms with E-state index in [1.807, 2.05) is 24.3 Å². The number of hydrogen-bond donors (Lipinski definition) is 3. The third-order valence-corrected chi connectivity index (χ3v) is 4.06. The zero-order chi connectivity index (χ0) is 16.0. The van der Waals surface area contributed by atoms with Crippen LogP contribution >= 0.6 is 0 Å². The highest BCUT2D eigenvalue weighted by Crippen LogP contribution is 2.49. The molecule has 3 aromatic carbocycles. The van der Waals surface area contributed by atoms with Gasteiger partial charge >= 0.3 is 0 Å². The fourth-order valence-electron chi connectivity index (χ4n) is 3.01. The van der Waals surface area contributed by atoms with Crippen molar-refractivity contribution in [3.63, 3.8) is 0 Å². The minimum atomic E-state index is -0.101. The maximum atomic E-state index is 9.72. The second-order valence-corrected chi connectivity index (χ2v) is 5.57. The molecule has 3 aromatic rings. The SMILES string of the molecule is Oc1ccc(C2c3ccc(O)cc3Oc3cc(O)ccc32)cc1. The van der Waals surface area contributed by atoms with Crippen LogP contribution in [0.3, 0.4) is 0 Å². The number of fused-ring (bicyclic) bond motifs is 2. The predicted octanol–water partition coefficient (Wildman–Crippen LogP) is 4.09. The van der Waals surface area contributed by atoms with E-state index < -0.39 is 0 Å². The lowest BCUT2D eigenvalue weighted by molar-refractivity contribution is 0.428. The van der Waals surface area contributed by atoms with Crippen LogP contribution in [-0.2, 0) is 0 Å². The Morgan fingerprint density at radius 3 is 1.61 bits per heavy atom. The first kappa shape index (κ1) is 13.5. The second-order valence-electron chi connectivity index (χ2n) is 5.57. The van der Waals surface area contributed by atoms with E-state index in [4.69, 9.17) is 4.74 Å². The molecule has 0 fully saturated rings. The summed E-state index contributed by atoms with van der Waals surface area (Å²) in [5.74, 6) is 1.46. The van der Waals surface area contributed by atoms with Gasteiger partial charge in [0.05, 0.1) is 0 Å². The molecule has 0 atom stereocenters. The predicted molar refractivity (Wildman–Crippen MR) is 85.3 cm³/mol. The fourth-order valence-corrected chi connectivity index (χ4v) is 3.01. The summed E-state index contributed by atoms with van der Waals surface area (Å²) in [6.07, 6.45) is 0. The summed E-state index contributed by atoms with van der Waals surface area (Å²) in [5.41, 5.74) is 2.84. The fraction of sp³-hybridized carbons (Fsp3) is 0.0526. The maximum absolute atomic E-state index is 9.72. The normalized spacial score (nSPS) is 13.0. The van der Waals surface area contributed by atoms with Crippen molar-refractivity contribution in [1.82, 2.24) is 0 Å². The van der Waals surface area contributed by atoms with Gasteiger partial charge in [-0.1, -0.05) is 24.3 Å². The van der Waals surface area contributed by atoms with Gasteiger partial charge in [-0.05, 0) is 29.8 Å². The summed E-state index contributed by atoms with van der Waals surface area (Å²) >= 11 is 0. The van der Waals surface area contributed by atoms with Crippen LogP contribution in [0.4, 0.5) is 0 Å². The number of phenolic OH excluding ortho intramolecular Hbond substituents is 3. The van der Waals surface area contributed by atoms with Crippen LogP contribution in [0, 0.1) is 0 Å². The Labute approximate surface area is 132 Å². The average Bonchev–Trinajstić information content (AvgIpc) is 2.53. The number of phenols is 3. The van der Waals surface area contributed by atoms with Crippen LogP contribution in [-0.4, -0.2) is 15.3 Å². The number of aromatic hydroxyl groups is 3. The van der Waals surface area contributed by atoms with Gasteiger partial charge < -0.3 is 20.1 Å². The van der Waals surface area contributed by atoms with E-state index in [2.05, 4.69) is 0 Å². The Hall–Kier alpha value is -3.14. The summed E-state index contributed by atoms with van der Waals surface area (Å²) in [5, 5.41) is 29.0. The van der Waals surface area contributed by atoms with Gasteiger partial charge in [0.15, 0.2) is 0 Å². The zero-order valence-corrected chi connectivity index (χ0v) is 12.1. The molecule has 0 unspecified atom stereocenters. The lowest BCUT2D eigenvalue weighted by Crippen LogP contribution is -2.11. The minimum absolute atomic E-state index is 0.101. The van der Waals surface area contributed by atoms with E-state index >= 15 is 0 Å². The quantitative estimate of drug-likeness (QED) is 0.495. The van der Waals surface area contributed by atoms with Gasteiger partial charge in [-0.3, -0.25) is 0 Å². The third kappa shape index (κ3) is 2.25. The van der Waals surface area contributed by atoms with Crippen molar-refractivity contribution in [3.8, 4) is 28.7 Å². The molecule has 0 aliphatic carbocycles. The molecule has 1 heterocycles. The molecule has 0 radical (unpaired) electrons. The van der Waals surface area contributed by atoms with Crippen LogP contribution in [0.15, 0.2) is 60.7 Å². The first-order valence-corrected chi connectivity index (χ1v) is 7.24. The lowest BCUT2D eigenvalue weighted by Gasteiger charge is -2.28. The molecule has 23 heavy (non-hydrogen) atoms. The van der Waals surface area contributed by atoms with Crippen molar-refractivity contribution in [1.29, 1.82) is 0 Å². The Morgan fingerprint density at radius 2 is 1.09 bits per heavy atom. The van der Waals surface area contributed by atoms with E-state index in [0.717, 1.165) is 16.7 Å². The Morgan fingerprint density at radius 1 is 0.609 bits per heavy atom. The Bertz CT molecular complexity index is 833. The second kappa shape index (κ2) is 4.95. The maximum Gasteiger partial charge on any atom is 0.135 e. The van der Waals surface area contributed by atoms with Crippen molar-refractivity contribution < 1.29 is 20.1 Å². The zero-order valence-electron chi connectivity index (χ0n) is 12.1. The molecule has 114 valence electrons.